The number of aliphatic carboxylic acids is 1. The molecule has 0 aliphatic rings. The molecular formula is C22H29NO6. The average molecular weight is 403 g/mol. The summed E-state index contributed by atoms with van der Waals surface area (Å²) in [6.07, 6.45) is 0.791. The molecule has 0 saturated heterocycles. The van der Waals surface area contributed by atoms with Crippen LogP contribution in [0, 0.1) is 0 Å². The number of hydrogen-bond donors (Lipinski definition) is 3. The van der Waals surface area contributed by atoms with Crippen LogP contribution >= 0.6 is 0 Å². The van der Waals surface area contributed by atoms with Crippen LogP contribution in [0.2, 0.25) is 0 Å². The smallest absolute Gasteiger partial charge is 0.407 e. The van der Waals surface area contributed by atoms with Gasteiger partial charge in [-0.2, -0.15) is 0 Å². The lowest BCUT2D eigenvalue weighted by Crippen LogP contribution is -2.43. The molecule has 29 heavy (non-hydrogen) atoms. The summed E-state index contributed by atoms with van der Waals surface area (Å²) in [5.74, 6) is -1.29. The van der Waals surface area contributed by atoms with Crippen molar-refractivity contribution in [1.29, 1.82) is 0 Å². The molecule has 0 saturated carbocycles. The van der Waals surface area contributed by atoms with E-state index in [-0.39, 0.29) is 6.61 Å². The van der Waals surface area contributed by atoms with Gasteiger partial charge in [0, 0.05) is 0 Å². The summed E-state index contributed by atoms with van der Waals surface area (Å²) in [5.41, 5.74) is 2.43. The van der Waals surface area contributed by atoms with E-state index in [1.54, 1.807) is 0 Å². The third-order valence-corrected chi connectivity index (χ3v) is 3.73. The normalized spacial score (nSPS) is 11.0. The van der Waals surface area contributed by atoms with Crippen molar-refractivity contribution in [2.24, 2.45) is 0 Å². The van der Waals surface area contributed by atoms with Gasteiger partial charge in [-0.25, -0.2) is 9.59 Å². The van der Waals surface area contributed by atoms with Crippen molar-refractivity contribution in [2.45, 2.75) is 39.0 Å². The third kappa shape index (κ3) is 11.5. The van der Waals surface area contributed by atoms with Crippen molar-refractivity contribution in [3.63, 3.8) is 0 Å². The van der Waals surface area contributed by atoms with Crippen molar-refractivity contribution < 1.29 is 29.3 Å². The SMILES string of the molecule is CCCCOC(=O)N[C@@H](CO)C(=O)O.c1ccc(COCc2ccccc2)cc1. The Morgan fingerprint density at radius 2 is 1.48 bits per heavy atom. The first kappa shape index (κ1) is 24.1. The minimum atomic E-state index is -1.30. The van der Waals surface area contributed by atoms with Gasteiger partial charge in [0.05, 0.1) is 26.4 Å². The van der Waals surface area contributed by atoms with Crippen molar-refractivity contribution in [2.75, 3.05) is 13.2 Å². The molecule has 0 aliphatic heterocycles. The highest BCUT2D eigenvalue weighted by molar-refractivity contribution is 5.79. The highest BCUT2D eigenvalue weighted by Crippen LogP contribution is 2.05. The molecule has 0 aromatic heterocycles. The molecule has 2 aromatic carbocycles. The lowest BCUT2D eigenvalue weighted by Gasteiger charge is -2.11. The molecule has 0 fully saturated rings. The molecule has 7 nitrogen and oxygen atoms in total. The van der Waals surface area contributed by atoms with Gasteiger partial charge in [0.25, 0.3) is 0 Å². The summed E-state index contributed by atoms with van der Waals surface area (Å²) in [6.45, 7) is 2.89. The van der Waals surface area contributed by atoms with Crippen LogP contribution in [-0.2, 0) is 27.5 Å². The van der Waals surface area contributed by atoms with Gasteiger partial charge in [-0.15, -0.1) is 0 Å². The van der Waals surface area contributed by atoms with Crippen LogP contribution < -0.4 is 5.32 Å². The number of aliphatic hydroxyl groups excluding tert-OH is 1. The van der Waals surface area contributed by atoms with E-state index in [0.29, 0.717) is 13.2 Å². The molecule has 0 spiro atoms. The van der Waals surface area contributed by atoms with E-state index in [0.717, 1.165) is 12.8 Å². The number of alkyl carbamates (subject to hydrolysis) is 1. The second-order valence-corrected chi connectivity index (χ2v) is 6.17. The first-order valence-corrected chi connectivity index (χ1v) is 9.49. The summed E-state index contributed by atoms with van der Waals surface area (Å²) in [7, 11) is 0. The van der Waals surface area contributed by atoms with E-state index < -0.39 is 24.7 Å². The molecule has 1 amide bonds. The maximum Gasteiger partial charge on any atom is 0.407 e. The number of unbranched alkanes of at least 4 members (excludes halogenated alkanes) is 1. The fraction of sp³-hybridized carbons (Fsp3) is 0.364. The summed E-state index contributed by atoms with van der Waals surface area (Å²) in [5, 5.41) is 19.0. The third-order valence-electron chi connectivity index (χ3n) is 3.73. The fourth-order valence-corrected chi connectivity index (χ4v) is 2.11. The molecule has 0 bridgehead atoms. The number of benzene rings is 2. The number of ether oxygens (including phenoxy) is 2. The molecule has 158 valence electrons. The monoisotopic (exact) mass is 403 g/mol. The minimum Gasteiger partial charge on any atom is -0.480 e. The van der Waals surface area contributed by atoms with Crippen LogP contribution in [0.5, 0.6) is 0 Å². The maximum atomic E-state index is 10.9. The topological polar surface area (TPSA) is 105 Å². The van der Waals surface area contributed by atoms with Crippen molar-refractivity contribution >= 4 is 12.1 Å². The number of carboxylic acid groups (broad SMARTS) is 1. The van der Waals surface area contributed by atoms with Crippen LogP contribution in [0.4, 0.5) is 4.79 Å². The van der Waals surface area contributed by atoms with E-state index >= 15 is 0 Å². The summed E-state index contributed by atoms with van der Waals surface area (Å²) < 4.78 is 10.2. The van der Waals surface area contributed by atoms with E-state index in [2.05, 4.69) is 29.0 Å². The molecule has 1 atom stereocenters. The Balaban J connectivity index is 0.000000291. The molecule has 0 heterocycles. The van der Waals surface area contributed by atoms with Gasteiger partial charge in [0.1, 0.15) is 0 Å². The number of carbonyl (C=O) groups excluding carboxylic acids is 1. The van der Waals surface area contributed by atoms with Crippen LogP contribution in [-0.4, -0.2) is 41.5 Å². The van der Waals surface area contributed by atoms with E-state index in [1.807, 2.05) is 48.6 Å². The molecule has 0 aliphatic carbocycles. The van der Waals surface area contributed by atoms with Gasteiger partial charge in [-0.1, -0.05) is 74.0 Å². The number of aliphatic hydroxyl groups is 1. The highest BCUT2D eigenvalue weighted by atomic mass is 16.5. The molecule has 2 aromatic rings. The molecule has 7 heteroatoms. The second-order valence-electron chi connectivity index (χ2n) is 6.17. The van der Waals surface area contributed by atoms with Crippen LogP contribution in [0.3, 0.4) is 0 Å². The zero-order valence-corrected chi connectivity index (χ0v) is 16.6. The Morgan fingerprint density at radius 3 is 1.90 bits per heavy atom. The van der Waals surface area contributed by atoms with E-state index in [9.17, 15) is 9.59 Å². The van der Waals surface area contributed by atoms with Gasteiger partial charge >= 0.3 is 12.1 Å². The zero-order chi connectivity index (χ0) is 21.3. The molecular weight excluding hydrogens is 374 g/mol. The molecule has 2 rings (SSSR count). The largest absolute Gasteiger partial charge is 0.480 e. The van der Waals surface area contributed by atoms with Gasteiger partial charge in [0.2, 0.25) is 0 Å². The molecule has 0 radical (unpaired) electrons. The second kappa shape index (κ2) is 15.1. The summed E-state index contributed by atoms with van der Waals surface area (Å²) in [6, 6.07) is 19.1. The summed E-state index contributed by atoms with van der Waals surface area (Å²) >= 11 is 0. The first-order chi connectivity index (χ1) is 14.1. The lowest BCUT2D eigenvalue weighted by molar-refractivity contribution is -0.140. The van der Waals surface area contributed by atoms with Crippen LogP contribution in [0.1, 0.15) is 30.9 Å². The van der Waals surface area contributed by atoms with Crippen molar-refractivity contribution in [3.8, 4) is 0 Å². The summed E-state index contributed by atoms with van der Waals surface area (Å²) in [4.78, 5) is 21.2. The fourth-order valence-electron chi connectivity index (χ4n) is 2.11. The number of carbonyl (C=O) groups is 2. The number of amides is 1. The Morgan fingerprint density at radius 1 is 0.966 bits per heavy atom. The van der Waals surface area contributed by atoms with E-state index in [4.69, 9.17) is 14.9 Å². The Kier molecular flexibility index (Phi) is 12.5. The number of hydrogen-bond acceptors (Lipinski definition) is 5. The first-order valence-electron chi connectivity index (χ1n) is 9.49. The van der Waals surface area contributed by atoms with Crippen LogP contribution in [0.25, 0.3) is 0 Å². The van der Waals surface area contributed by atoms with Gasteiger partial charge in [-0.05, 0) is 17.5 Å². The van der Waals surface area contributed by atoms with Crippen molar-refractivity contribution in [3.05, 3.63) is 71.8 Å². The highest BCUT2D eigenvalue weighted by Gasteiger charge is 2.18. The zero-order valence-electron chi connectivity index (χ0n) is 16.6. The Labute approximate surface area is 171 Å². The number of carboxylic acids is 1. The van der Waals surface area contributed by atoms with Crippen molar-refractivity contribution in [1.82, 2.24) is 5.32 Å². The minimum absolute atomic E-state index is 0.250. The molecule has 3 N–H and O–H groups in total. The molecule has 0 unspecified atom stereocenters. The average Bonchev–Trinajstić information content (AvgIpc) is 2.74. The number of rotatable bonds is 10. The van der Waals surface area contributed by atoms with Gasteiger partial charge in [0.15, 0.2) is 6.04 Å². The quantitative estimate of drug-likeness (QED) is 0.526. The van der Waals surface area contributed by atoms with Gasteiger partial charge in [-0.3, -0.25) is 0 Å². The van der Waals surface area contributed by atoms with E-state index in [1.165, 1.54) is 11.1 Å². The Hall–Kier alpha value is -2.90. The van der Waals surface area contributed by atoms with Crippen LogP contribution in [0.15, 0.2) is 60.7 Å². The number of nitrogens with one attached hydrogen (secondary N) is 1. The maximum absolute atomic E-state index is 10.9. The van der Waals surface area contributed by atoms with Gasteiger partial charge < -0.3 is 25.0 Å². The Bertz CT molecular complexity index is 653. The standard InChI is InChI=1S/C14H14O.C8H15NO5/c1-3-7-13(8-4-1)11-15-12-14-9-5-2-6-10-14;1-2-3-4-14-8(13)9-6(5-10)7(11)12/h1-10H,11-12H2;6,10H,2-5H2,1H3,(H,9,13)(H,11,12)/t;6-/m.0/s1. The predicted octanol–water partition coefficient (Wildman–Crippen LogP) is 3.36. The predicted molar refractivity (Wildman–Crippen MR) is 109 cm³/mol. The lowest BCUT2D eigenvalue weighted by atomic mass is 10.2.